The summed E-state index contributed by atoms with van der Waals surface area (Å²) in [5, 5.41) is 8.62. The molecule has 0 aliphatic rings. The van der Waals surface area contributed by atoms with E-state index in [0.717, 1.165) is 6.07 Å². The van der Waals surface area contributed by atoms with E-state index in [1.54, 1.807) is 6.92 Å². The fourth-order valence-electron chi connectivity index (χ4n) is 1.13. The van der Waals surface area contributed by atoms with Crippen LogP contribution in [0.5, 0.6) is 5.75 Å². The standard InChI is InChI=1S/C9H9BF3O2/c1-2-15-8-4-3-6(10-14)5-7(8)9(11,12)13/h3-5,14H,2H2,1H3. The molecule has 81 valence electrons. The molecule has 0 fully saturated rings. The predicted octanol–water partition coefficient (Wildman–Crippen LogP) is 1.34. The summed E-state index contributed by atoms with van der Waals surface area (Å²) in [5.41, 5.74) is -0.794. The average molecular weight is 217 g/mol. The van der Waals surface area contributed by atoms with Crippen molar-refractivity contribution in [2.75, 3.05) is 6.61 Å². The monoisotopic (exact) mass is 217 g/mol. The topological polar surface area (TPSA) is 29.5 Å². The molecule has 0 saturated heterocycles. The highest BCUT2D eigenvalue weighted by molar-refractivity contribution is 6.45. The molecule has 0 unspecified atom stereocenters. The van der Waals surface area contributed by atoms with Crippen molar-refractivity contribution in [1.29, 1.82) is 0 Å². The van der Waals surface area contributed by atoms with Gasteiger partial charge >= 0.3 is 13.7 Å². The molecule has 0 heterocycles. The lowest BCUT2D eigenvalue weighted by atomic mass is 9.87. The summed E-state index contributed by atoms with van der Waals surface area (Å²) >= 11 is 0. The Morgan fingerprint density at radius 1 is 1.40 bits per heavy atom. The Morgan fingerprint density at radius 3 is 2.53 bits per heavy atom. The van der Waals surface area contributed by atoms with Crippen LogP contribution in [-0.2, 0) is 6.18 Å². The maximum absolute atomic E-state index is 12.5. The summed E-state index contributed by atoms with van der Waals surface area (Å²) in [5.74, 6) is -0.226. The lowest BCUT2D eigenvalue weighted by molar-refractivity contribution is -0.138. The Labute approximate surface area is 86.0 Å². The molecular weight excluding hydrogens is 208 g/mol. The summed E-state index contributed by atoms with van der Waals surface area (Å²) in [7, 11) is 0.616. The Kier molecular flexibility index (Phi) is 3.63. The summed E-state index contributed by atoms with van der Waals surface area (Å²) in [4.78, 5) is 0. The number of alkyl halides is 3. The largest absolute Gasteiger partial charge is 0.493 e. The Bertz CT molecular complexity index is 339. The van der Waals surface area contributed by atoms with Crippen molar-refractivity contribution in [1.82, 2.24) is 0 Å². The van der Waals surface area contributed by atoms with Gasteiger partial charge in [-0.15, -0.1) is 0 Å². The van der Waals surface area contributed by atoms with Crippen LogP contribution < -0.4 is 10.2 Å². The molecule has 2 nitrogen and oxygen atoms in total. The minimum absolute atomic E-state index is 0.0887. The summed E-state index contributed by atoms with van der Waals surface area (Å²) in [6.07, 6.45) is -4.48. The van der Waals surface area contributed by atoms with E-state index in [1.165, 1.54) is 12.1 Å². The predicted molar refractivity (Wildman–Crippen MR) is 50.2 cm³/mol. The third kappa shape index (κ3) is 2.89. The number of rotatable bonds is 3. The molecule has 15 heavy (non-hydrogen) atoms. The van der Waals surface area contributed by atoms with E-state index in [-0.39, 0.29) is 17.8 Å². The first-order valence-corrected chi connectivity index (χ1v) is 4.30. The van der Waals surface area contributed by atoms with Crippen LogP contribution in [0.4, 0.5) is 13.2 Å². The van der Waals surface area contributed by atoms with Crippen LogP contribution in [0, 0.1) is 0 Å². The minimum Gasteiger partial charge on any atom is -0.493 e. The minimum atomic E-state index is -4.48. The van der Waals surface area contributed by atoms with Gasteiger partial charge in [0.2, 0.25) is 0 Å². The SMILES string of the molecule is CCOc1ccc([B]O)cc1C(F)(F)F. The van der Waals surface area contributed by atoms with Crippen molar-refractivity contribution in [2.24, 2.45) is 0 Å². The summed E-state index contributed by atoms with van der Waals surface area (Å²) < 4.78 is 42.4. The van der Waals surface area contributed by atoms with Gasteiger partial charge in [0, 0.05) is 0 Å². The molecule has 0 spiro atoms. The number of ether oxygens (including phenoxy) is 1. The van der Waals surface area contributed by atoms with E-state index in [0.29, 0.717) is 7.48 Å². The van der Waals surface area contributed by atoms with Gasteiger partial charge in [0.15, 0.2) is 0 Å². The molecule has 0 aromatic heterocycles. The van der Waals surface area contributed by atoms with Gasteiger partial charge in [0.25, 0.3) is 0 Å². The van der Waals surface area contributed by atoms with Crippen LogP contribution >= 0.6 is 0 Å². The maximum Gasteiger partial charge on any atom is 0.419 e. The van der Waals surface area contributed by atoms with Crippen molar-refractivity contribution < 1.29 is 22.9 Å². The van der Waals surface area contributed by atoms with E-state index in [9.17, 15) is 13.2 Å². The molecule has 6 heteroatoms. The highest BCUT2D eigenvalue weighted by Crippen LogP contribution is 2.35. The number of benzene rings is 1. The first-order chi connectivity index (χ1) is 6.99. The number of hydrogen-bond acceptors (Lipinski definition) is 2. The van der Waals surface area contributed by atoms with E-state index in [4.69, 9.17) is 9.76 Å². The molecule has 1 aromatic carbocycles. The second kappa shape index (κ2) is 4.57. The van der Waals surface area contributed by atoms with Crippen molar-refractivity contribution in [3.05, 3.63) is 23.8 Å². The molecule has 0 saturated carbocycles. The van der Waals surface area contributed by atoms with Gasteiger partial charge in [0.05, 0.1) is 12.2 Å². The Balaban J connectivity index is 3.16. The normalized spacial score (nSPS) is 11.3. The number of hydrogen-bond donors (Lipinski definition) is 1. The zero-order valence-electron chi connectivity index (χ0n) is 8.01. The molecule has 1 aromatic rings. The first-order valence-electron chi connectivity index (χ1n) is 4.30. The van der Waals surface area contributed by atoms with Crippen LogP contribution in [0.1, 0.15) is 12.5 Å². The molecule has 0 aliphatic carbocycles. The molecule has 1 N–H and O–H groups in total. The van der Waals surface area contributed by atoms with Crippen molar-refractivity contribution >= 4 is 12.9 Å². The van der Waals surface area contributed by atoms with Crippen molar-refractivity contribution in [2.45, 2.75) is 13.1 Å². The fourth-order valence-corrected chi connectivity index (χ4v) is 1.13. The third-order valence-corrected chi connectivity index (χ3v) is 1.76. The van der Waals surface area contributed by atoms with Gasteiger partial charge in [-0.2, -0.15) is 13.2 Å². The molecule has 0 atom stereocenters. The Hall–Kier alpha value is -1.17. The Morgan fingerprint density at radius 2 is 2.07 bits per heavy atom. The van der Waals surface area contributed by atoms with E-state index in [2.05, 4.69) is 0 Å². The zero-order chi connectivity index (χ0) is 11.5. The number of halogens is 3. The van der Waals surface area contributed by atoms with Gasteiger partial charge in [0.1, 0.15) is 5.75 Å². The zero-order valence-corrected chi connectivity index (χ0v) is 8.01. The second-order valence-electron chi connectivity index (χ2n) is 2.82. The van der Waals surface area contributed by atoms with Gasteiger partial charge in [-0.05, 0) is 19.1 Å². The quantitative estimate of drug-likeness (QED) is 0.774. The third-order valence-electron chi connectivity index (χ3n) is 1.76. The van der Waals surface area contributed by atoms with E-state index >= 15 is 0 Å². The lowest BCUT2D eigenvalue weighted by Gasteiger charge is -2.13. The highest BCUT2D eigenvalue weighted by atomic mass is 19.4. The van der Waals surface area contributed by atoms with Crippen LogP contribution in [0.3, 0.4) is 0 Å². The van der Waals surface area contributed by atoms with Crippen molar-refractivity contribution in [3.63, 3.8) is 0 Å². The lowest BCUT2D eigenvalue weighted by Crippen LogP contribution is -2.18. The van der Waals surface area contributed by atoms with E-state index < -0.39 is 11.7 Å². The van der Waals surface area contributed by atoms with E-state index in [1.807, 2.05) is 0 Å². The molecule has 0 amide bonds. The molecular formula is C9H9BF3O2. The smallest absolute Gasteiger partial charge is 0.419 e. The van der Waals surface area contributed by atoms with Crippen LogP contribution in [0.2, 0.25) is 0 Å². The van der Waals surface area contributed by atoms with Gasteiger partial charge < -0.3 is 9.76 Å². The molecule has 0 aliphatic heterocycles. The van der Waals surface area contributed by atoms with Crippen molar-refractivity contribution in [3.8, 4) is 5.75 Å². The maximum atomic E-state index is 12.5. The van der Waals surface area contributed by atoms with Gasteiger partial charge in [-0.25, -0.2) is 0 Å². The fraction of sp³-hybridized carbons (Fsp3) is 0.333. The van der Waals surface area contributed by atoms with Crippen LogP contribution in [-0.4, -0.2) is 19.1 Å². The van der Waals surface area contributed by atoms with Crippen LogP contribution in [0.15, 0.2) is 18.2 Å². The van der Waals surface area contributed by atoms with Gasteiger partial charge in [-0.1, -0.05) is 11.5 Å². The second-order valence-corrected chi connectivity index (χ2v) is 2.82. The molecule has 1 radical (unpaired) electrons. The molecule has 0 bridgehead atoms. The summed E-state index contributed by atoms with van der Waals surface area (Å²) in [6.45, 7) is 1.76. The van der Waals surface area contributed by atoms with Gasteiger partial charge in [-0.3, -0.25) is 0 Å². The highest BCUT2D eigenvalue weighted by Gasteiger charge is 2.34. The average Bonchev–Trinajstić information content (AvgIpc) is 2.17. The molecule has 1 rings (SSSR count). The summed E-state index contributed by atoms with van der Waals surface area (Å²) in [6, 6.07) is 3.37. The first kappa shape index (κ1) is 11.9. The van der Waals surface area contributed by atoms with Crippen LogP contribution in [0.25, 0.3) is 0 Å².